The molecule has 0 unspecified atom stereocenters. The predicted molar refractivity (Wildman–Crippen MR) is 148 cm³/mol. The number of nitrogens with zero attached hydrogens (tertiary/aromatic N) is 4. The van der Waals surface area contributed by atoms with Crippen LogP contribution in [-0.2, 0) is 14.3 Å². The number of ether oxygens (including phenoxy) is 2. The van der Waals surface area contributed by atoms with Crippen molar-refractivity contribution in [1.82, 2.24) is 9.80 Å². The fourth-order valence-corrected chi connectivity index (χ4v) is 4.25. The number of fused-ring (bicyclic) bond motifs is 2. The summed E-state index contributed by atoms with van der Waals surface area (Å²) >= 11 is 0. The Bertz CT molecular complexity index is 1310. The summed E-state index contributed by atoms with van der Waals surface area (Å²) < 4.78 is 10.4. The van der Waals surface area contributed by atoms with Gasteiger partial charge in [-0.25, -0.2) is 0 Å². The van der Waals surface area contributed by atoms with Gasteiger partial charge in [0.25, 0.3) is 17.5 Å². The fourth-order valence-electron chi connectivity index (χ4n) is 4.25. The van der Waals surface area contributed by atoms with Crippen LogP contribution in [0, 0.1) is 37.8 Å². The summed E-state index contributed by atoms with van der Waals surface area (Å²) in [5.74, 6) is -0.544. The summed E-state index contributed by atoms with van der Waals surface area (Å²) in [6.45, 7) is 8.54. The lowest BCUT2D eigenvalue weighted by molar-refractivity contribution is -0.385. The molecule has 2 fully saturated rings. The first-order valence-corrected chi connectivity index (χ1v) is 11.8. The summed E-state index contributed by atoms with van der Waals surface area (Å²) in [4.78, 5) is 53.5. The highest BCUT2D eigenvalue weighted by Gasteiger charge is 2.34. The van der Waals surface area contributed by atoms with Gasteiger partial charge in [0.05, 0.1) is 35.4 Å². The Morgan fingerprint density at radius 2 is 1.62 bits per heavy atom. The lowest BCUT2D eigenvalue weighted by Crippen LogP contribution is -2.37. The third kappa shape index (κ3) is 6.21. The number of carbonyl (C=O) groups is 3. The monoisotopic (exact) mass is 540 g/mol. The van der Waals surface area contributed by atoms with Crippen molar-refractivity contribution in [3.63, 3.8) is 0 Å². The summed E-state index contributed by atoms with van der Waals surface area (Å²) in [7, 11) is 0. The van der Waals surface area contributed by atoms with Gasteiger partial charge in [0.2, 0.25) is 0 Å². The molecule has 11 nitrogen and oxygen atoms in total. The first-order chi connectivity index (χ1) is 17.6. The first kappa shape index (κ1) is 31.3. The van der Waals surface area contributed by atoms with E-state index >= 15 is 0 Å². The average Bonchev–Trinajstić information content (AvgIpc) is 3.52. The number of amides is 2. The quantitative estimate of drug-likeness (QED) is 0.322. The van der Waals surface area contributed by atoms with Gasteiger partial charge in [0.15, 0.2) is 0 Å². The zero-order valence-corrected chi connectivity index (χ0v) is 21.1. The second-order valence-electron chi connectivity index (χ2n) is 9.26. The number of benzene rings is 2. The third-order valence-corrected chi connectivity index (χ3v) is 6.78. The molecule has 5 rings (SSSR count). The molecule has 2 saturated heterocycles. The predicted octanol–water partition coefficient (Wildman–Crippen LogP) is 4.30. The van der Waals surface area contributed by atoms with Crippen molar-refractivity contribution >= 4 is 35.7 Å². The maximum atomic E-state index is 12.4. The van der Waals surface area contributed by atoms with Gasteiger partial charge in [0, 0.05) is 12.3 Å². The second-order valence-corrected chi connectivity index (χ2v) is 9.26. The lowest BCUT2D eigenvalue weighted by Gasteiger charge is -2.18. The Morgan fingerprint density at radius 1 is 1.00 bits per heavy atom. The molecule has 210 valence electrons. The van der Waals surface area contributed by atoms with Crippen molar-refractivity contribution in [2.45, 2.75) is 54.6 Å². The van der Waals surface area contributed by atoms with Crippen molar-refractivity contribution in [2.75, 3.05) is 26.7 Å². The minimum atomic E-state index is -0.691. The number of nitro benzene ring substituents is 1. The van der Waals surface area contributed by atoms with Crippen LogP contribution in [0.4, 0.5) is 11.4 Å². The molecule has 0 aliphatic carbocycles. The topological polar surface area (TPSA) is 132 Å². The van der Waals surface area contributed by atoms with E-state index in [1.807, 2.05) is 32.2 Å². The Hall–Kier alpha value is -3.96. The SMILES string of the molecule is C.C.Cc1cc(C(=O)N2COC[C@H]2C=O)c([N+](=O)[O-])cc1C.Cc1cc2c(cc1C)C(=O)N1COC[C@H]1C=N2. The van der Waals surface area contributed by atoms with Crippen LogP contribution in [0.15, 0.2) is 29.3 Å². The standard InChI is InChI=1S/C13H14N2O5.C13H14N2O2.2CH4/c1-8-3-11(12(15(18)19)4-9(8)2)13(17)14-7-20-6-10(14)5-16;1-8-3-11-12(4-9(8)2)14-5-10-6-17-7-15(10)13(11)16;;/h3-5,10H,6-7H2,1-2H3;3-5,10H,6-7H2,1-2H3;2*1H4/t2*10-;;/m11../s1. The Kier molecular flexibility index (Phi) is 10.2. The number of rotatable bonds is 3. The van der Waals surface area contributed by atoms with Gasteiger partial charge in [-0.2, -0.15) is 0 Å². The van der Waals surface area contributed by atoms with Crippen molar-refractivity contribution in [2.24, 2.45) is 4.99 Å². The summed E-state index contributed by atoms with van der Waals surface area (Å²) in [5, 5.41) is 11.1. The number of aldehydes is 1. The molecule has 2 amide bonds. The number of carbonyl (C=O) groups excluding carboxylic acids is 3. The van der Waals surface area contributed by atoms with Crippen LogP contribution in [0.1, 0.15) is 57.8 Å². The first-order valence-electron chi connectivity index (χ1n) is 11.8. The molecule has 2 aromatic rings. The van der Waals surface area contributed by atoms with Crippen molar-refractivity contribution in [1.29, 1.82) is 0 Å². The van der Waals surface area contributed by atoms with E-state index in [1.54, 1.807) is 18.7 Å². The van der Waals surface area contributed by atoms with E-state index in [9.17, 15) is 24.5 Å². The largest absolute Gasteiger partial charge is 0.358 e. The van der Waals surface area contributed by atoms with Crippen LogP contribution >= 0.6 is 0 Å². The molecule has 0 saturated carbocycles. The zero-order valence-electron chi connectivity index (χ0n) is 21.1. The molecule has 0 radical (unpaired) electrons. The maximum Gasteiger partial charge on any atom is 0.282 e. The average molecular weight is 541 g/mol. The minimum absolute atomic E-state index is 0. The molecule has 3 aliphatic heterocycles. The Labute approximate surface area is 228 Å². The summed E-state index contributed by atoms with van der Waals surface area (Å²) in [6.07, 6.45) is 2.42. The number of hydrogen-bond donors (Lipinski definition) is 0. The summed E-state index contributed by atoms with van der Waals surface area (Å²) in [5.41, 5.74) is 4.97. The maximum absolute atomic E-state index is 12.4. The van der Waals surface area contributed by atoms with Gasteiger partial charge in [-0.1, -0.05) is 14.9 Å². The van der Waals surface area contributed by atoms with E-state index < -0.39 is 16.9 Å². The molecular weight excluding hydrogens is 504 g/mol. The van der Waals surface area contributed by atoms with E-state index in [0.717, 1.165) is 27.9 Å². The van der Waals surface area contributed by atoms with E-state index in [4.69, 9.17) is 9.47 Å². The highest BCUT2D eigenvalue weighted by atomic mass is 16.6. The van der Waals surface area contributed by atoms with Gasteiger partial charge in [-0.15, -0.1) is 0 Å². The molecular formula is C28H36N4O7. The molecule has 0 aromatic heterocycles. The van der Waals surface area contributed by atoms with Crippen molar-refractivity contribution < 1.29 is 28.8 Å². The molecule has 2 atom stereocenters. The van der Waals surface area contributed by atoms with Crippen LogP contribution < -0.4 is 0 Å². The number of aryl methyl sites for hydroxylation is 4. The molecule has 0 N–H and O–H groups in total. The van der Waals surface area contributed by atoms with Crippen LogP contribution in [0.3, 0.4) is 0 Å². The van der Waals surface area contributed by atoms with Gasteiger partial charge >= 0.3 is 0 Å². The molecule has 11 heteroatoms. The summed E-state index contributed by atoms with van der Waals surface area (Å²) in [6, 6.07) is 6.04. The molecule has 39 heavy (non-hydrogen) atoms. The van der Waals surface area contributed by atoms with E-state index in [-0.39, 0.29) is 51.4 Å². The smallest absolute Gasteiger partial charge is 0.282 e. The van der Waals surface area contributed by atoms with Crippen LogP contribution in [0.2, 0.25) is 0 Å². The Morgan fingerprint density at radius 3 is 2.28 bits per heavy atom. The fraction of sp³-hybridized carbons (Fsp3) is 0.429. The zero-order chi connectivity index (χ0) is 26.9. The van der Waals surface area contributed by atoms with Gasteiger partial charge in [-0.3, -0.25) is 24.7 Å². The highest BCUT2D eigenvalue weighted by Crippen LogP contribution is 2.29. The van der Waals surface area contributed by atoms with E-state index in [0.29, 0.717) is 25.2 Å². The van der Waals surface area contributed by atoms with Crippen LogP contribution in [-0.4, -0.2) is 77.8 Å². The molecule has 2 aromatic carbocycles. The molecule has 3 heterocycles. The van der Waals surface area contributed by atoms with Crippen LogP contribution in [0.25, 0.3) is 0 Å². The Balaban J connectivity index is 0.000000263. The number of nitro groups is 1. The van der Waals surface area contributed by atoms with Gasteiger partial charge in [-0.05, 0) is 68.1 Å². The molecule has 0 bridgehead atoms. The minimum Gasteiger partial charge on any atom is -0.358 e. The van der Waals surface area contributed by atoms with Crippen molar-refractivity contribution in [3.8, 4) is 0 Å². The third-order valence-electron chi connectivity index (χ3n) is 6.78. The van der Waals surface area contributed by atoms with Gasteiger partial charge < -0.3 is 24.1 Å². The lowest BCUT2D eigenvalue weighted by atomic mass is 10.0. The van der Waals surface area contributed by atoms with E-state index in [2.05, 4.69) is 4.99 Å². The number of aliphatic imine (C=N–C) groups is 1. The van der Waals surface area contributed by atoms with Crippen LogP contribution in [0.5, 0.6) is 0 Å². The highest BCUT2D eigenvalue weighted by molar-refractivity contribution is 6.03. The normalized spacial score (nSPS) is 19.0. The second kappa shape index (κ2) is 12.7. The molecule has 3 aliphatic rings. The van der Waals surface area contributed by atoms with E-state index in [1.165, 1.54) is 17.0 Å². The molecule has 0 spiro atoms. The van der Waals surface area contributed by atoms with Gasteiger partial charge in [0.1, 0.15) is 31.4 Å². The number of hydrogen-bond acceptors (Lipinski definition) is 8. The van der Waals surface area contributed by atoms with Crippen molar-refractivity contribution in [3.05, 3.63) is 67.8 Å².